The normalized spacial score (nSPS) is 14.5. The van der Waals surface area contributed by atoms with Crippen molar-refractivity contribution in [3.8, 4) is 17.1 Å². The molecule has 1 aliphatic rings. The highest BCUT2D eigenvalue weighted by Crippen LogP contribution is 2.38. The van der Waals surface area contributed by atoms with Crippen LogP contribution in [-0.4, -0.2) is 22.1 Å². The number of ether oxygens (including phenoxy) is 1. The molecule has 0 aromatic carbocycles. The number of pyridine rings is 1. The van der Waals surface area contributed by atoms with Crippen molar-refractivity contribution in [3.05, 3.63) is 34.9 Å². The molecule has 4 nitrogen and oxygen atoms in total. The molecule has 0 radical (unpaired) electrons. The van der Waals surface area contributed by atoms with Gasteiger partial charge in [-0.15, -0.1) is 0 Å². The highest BCUT2D eigenvalue weighted by Gasteiger charge is 2.26. The first-order chi connectivity index (χ1) is 8.78. The number of methoxy groups -OCH3 is 1. The Bertz CT molecular complexity index is 634. The Morgan fingerprint density at radius 2 is 2.28 bits per heavy atom. The number of aromatic amines is 1. The smallest absolute Gasteiger partial charge is 0.146 e. The monoisotopic (exact) mass is 259 g/mol. The van der Waals surface area contributed by atoms with Crippen LogP contribution in [0.3, 0.4) is 0 Å². The van der Waals surface area contributed by atoms with Crippen molar-refractivity contribution >= 4 is 12.2 Å². The summed E-state index contributed by atoms with van der Waals surface area (Å²) in [6.45, 7) is 0. The van der Waals surface area contributed by atoms with Crippen LogP contribution in [0, 0.1) is 4.64 Å². The van der Waals surface area contributed by atoms with Gasteiger partial charge in [0.15, 0.2) is 0 Å². The van der Waals surface area contributed by atoms with E-state index in [0.29, 0.717) is 10.6 Å². The summed E-state index contributed by atoms with van der Waals surface area (Å²) in [5, 5.41) is 0. The first kappa shape index (κ1) is 11.3. The lowest BCUT2D eigenvalue weighted by molar-refractivity contribution is 0.414. The Kier molecular flexibility index (Phi) is 2.83. The lowest BCUT2D eigenvalue weighted by Gasteiger charge is -2.08. The van der Waals surface area contributed by atoms with E-state index in [0.717, 1.165) is 23.0 Å². The van der Waals surface area contributed by atoms with Gasteiger partial charge in [0.05, 0.1) is 12.8 Å². The van der Waals surface area contributed by atoms with Gasteiger partial charge in [-0.1, -0.05) is 12.2 Å². The van der Waals surface area contributed by atoms with E-state index in [9.17, 15) is 0 Å². The lowest BCUT2D eigenvalue weighted by atomic mass is 10.2. The molecule has 0 spiro atoms. The Labute approximate surface area is 110 Å². The molecule has 3 rings (SSSR count). The number of hydrogen-bond donors (Lipinski definition) is 1. The maximum absolute atomic E-state index is 5.32. The quantitative estimate of drug-likeness (QED) is 0.861. The number of rotatable bonds is 3. The van der Waals surface area contributed by atoms with Crippen LogP contribution in [0.4, 0.5) is 0 Å². The van der Waals surface area contributed by atoms with Crippen LogP contribution in [0.25, 0.3) is 11.4 Å². The summed E-state index contributed by atoms with van der Waals surface area (Å²) in [4.78, 5) is 12.0. The molecule has 0 bridgehead atoms. The topological polar surface area (TPSA) is 50.8 Å². The highest BCUT2D eigenvalue weighted by molar-refractivity contribution is 7.71. The third-order valence-electron chi connectivity index (χ3n) is 2.97. The molecule has 0 amide bonds. The van der Waals surface area contributed by atoms with E-state index in [4.69, 9.17) is 17.0 Å². The second-order valence-electron chi connectivity index (χ2n) is 4.35. The molecule has 1 saturated carbocycles. The molecule has 0 atom stereocenters. The minimum atomic E-state index is 0.529. The number of hydrogen-bond acceptors (Lipinski definition) is 4. The lowest BCUT2D eigenvalue weighted by Crippen LogP contribution is -1.98. The Balaban J connectivity index is 2.13. The molecule has 1 N–H and O–H groups in total. The van der Waals surface area contributed by atoms with Crippen molar-refractivity contribution in [2.24, 2.45) is 0 Å². The molecule has 0 saturated heterocycles. The second kappa shape index (κ2) is 4.49. The van der Waals surface area contributed by atoms with Crippen molar-refractivity contribution in [3.63, 3.8) is 0 Å². The van der Waals surface area contributed by atoms with E-state index in [1.807, 2.05) is 18.2 Å². The zero-order valence-corrected chi connectivity index (χ0v) is 10.8. The largest absolute Gasteiger partial charge is 0.494 e. The summed E-state index contributed by atoms with van der Waals surface area (Å²) < 4.78 is 5.91. The summed E-state index contributed by atoms with van der Waals surface area (Å²) in [6, 6.07) is 5.56. The third-order valence-corrected chi connectivity index (χ3v) is 3.18. The van der Waals surface area contributed by atoms with Gasteiger partial charge in [0.25, 0.3) is 0 Å². The van der Waals surface area contributed by atoms with E-state index in [1.54, 1.807) is 13.3 Å². The zero-order valence-electron chi connectivity index (χ0n) is 10.0. The van der Waals surface area contributed by atoms with E-state index in [-0.39, 0.29) is 0 Å². The minimum absolute atomic E-state index is 0.529. The molecular weight excluding hydrogens is 246 g/mol. The van der Waals surface area contributed by atoms with E-state index < -0.39 is 0 Å². The second-order valence-corrected chi connectivity index (χ2v) is 4.77. The molecule has 92 valence electrons. The zero-order chi connectivity index (χ0) is 12.5. The average molecular weight is 259 g/mol. The molecule has 0 unspecified atom stereocenters. The highest BCUT2D eigenvalue weighted by atomic mass is 32.1. The van der Waals surface area contributed by atoms with Gasteiger partial charge in [0.2, 0.25) is 0 Å². The van der Waals surface area contributed by atoms with E-state index >= 15 is 0 Å². The maximum Gasteiger partial charge on any atom is 0.146 e. The predicted molar refractivity (Wildman–Crippen MR) is 71.2 cm³/mol. The summed E-state index contributed by atoms with van der Waals surface area (Å²) in [7, 11) is 1.64. The molecule has 18 heavy (non-hydrogen) atoms. The van der Waals surface area contributed by atoms with Crippen molar-refractivity contribution < 1.29 is 4.74 Å². The van der Waals surface area contributed by atoms with E-state index in [1.165, 1.54) is 12.8 Å². The summed E-state index contributed by atoms with van der Waals surface area (Å²) >= 11 is 5.21. The summed E-state index contributed by atoms with van der Waals surface area (Å²) in [6.07, 6.45) is 4.11. The fourth-order valence-electron chi connectivity index (χ4n) is 1.91. The minimum Gasteiger partial charge on any atom is -0.494 e. The first-order valence-corrected chi connectivity index (χ1v) is 6.29. The average Bonchev–Trinajstić information content (AvgIpc) is 3.22. The SMILES string of the molecule is COc1cccnc1-c1cc(=S)nc(C2CC2)[nH]1. The Morgan fingerprint density at radius 1 is 1.44 bits per heavy atom. The van der Waals surface area contributed by atoms with E-state index in [2.05, 4.69) is 15.0 Å². The predicted octanol–water partition coefficient (Wildman–Crippen LogP) is 3.09. The van der Waals surface area contributed by atoms with Gasteiger partial charge in [0.1, 0.15) is 21.9 Å². The third kappa shape index (κ3) is 2.13. The van der Waals surface area contributed by atoms with Crippen molar-refractivity contribution in [2.75, 3.05) is 7.11 Å². The van der Waals surface area contributed by atoms with Crippen LogP contribution in [0.1, 0.15) is 24.6 Å². The van der Waals surface area contributed by atoms with Gasteiger partial charge in [-0.2, -0.15) is 0 Å². The Hall–Kier alpha value is -1.75. The fourth-order valence-corrected chi connectivity index (χ4v) is 2.13. The van der Waals surface area contributed by atoms with Gasteiger partial charge in [-0.3, -0.25) is 4.98 Å². The van der Waals surface area contributed by atoms with Gasteiger partial charge >= 0.3 is 0 Å². The fraction of sp³-hybridized carbons (Fsp3) is 0.308. The van der Waals surface area contributed by atoms with Gasteiger partial charge in [-0.25, -0.2) is 4.98 Å². The number of H-pyrrole nitrogens is 1. The first-order valence-electron chi connectivity index (χ1n) is 5.88. The standard InChI is InChI=1S/C13H13N3OS/c1-17-10-3-2-6-14-12(10)9-7-11(18)16-13(15-9)8-4-5-8/h2-3,6-8H,4-5H2,1H3,(H,15,16,18). The van der Waals surface area contributed by atoms with Gasteiger partial charge in [-0.05, 0) is 25.0 Å². The molecule has 5 heteroatoms. The van der Waals surface area contributed by atoms with Crippen LogP contribution in [0.5, 0.6) is 5.75 Å². The number of aromatic nitrogens is 3. The summed E-state index contributed by atoms with van der Waals surface area (Å²) in [5.74, 6) is 2.22. The molecule has 2 aromatic rings. The van der Waals surface area contributed by atoms with Crippen LogP contribution in [-0.2, 0) is 0 Å². The molecule has 1 aliphatic carbocycles. The van der Waals surface area contributed by atoms with Crippen molar-refractivity contribution in [2.45, 2.75) is 18.8 Å². The van der Waals surface area contributed by atoms with Crippen LogP contribution in [0.15, 0.2) is 24.4 Å². The van der Waals surface area contributed by atoms with Crippen LogP contribution in [0.2, 0.25) is 0 Å². The van der Waals surface area contributed by atoms with Gasteiger partial charge < -0.3 is 9.72 Å². The molecule has 1 fully saturated rings. The summed E-state index contributed by atoms with van der Waals surface area (Å²) in [5.41, 5.74) is 1.64. The maximum atomic E-state index is 5.32. The van der Waals surface area contributed by atoms with Crippen molar-refractivity contribution in [1.82, 2.24) is 15.0 Å². The van der Waals surface area contributed by atoms with Crippen LogP contribution >= 0.6 is 12.2 Å². The number of nitrogens with zero attached hydrogens (tertiary/aromatic N) is 2. The molecule has 0 aliphatic heterocycles. The molecular formula is C13H13N3OS. The molecule has 2 aromatic heterocycles. The van der Waals surface area contributed by atoms with Crippen molar-refractivity contribution in [1.29, 1.82) is 0 Å². The van der Waals surface area contributed by atoms with Gasteiger partial charge in [0, 0.05) is 18.2 Å². The van der Waals surface area contributed by atoms with Crippen LogP contribution < -0.4 is 4.74 Å². The molecule has 2 heterocycles. The Morgan fingerprint density at radius 3 is 3.00 bits per heavy atom. The number of nitrogens with one attached hydrogen (secondary N) is 1.